The third-order valence-electron chi connectivity index (χ3n) is 15.2. The molecule has 5 aliphatic rings. The minimum absolute atomic E-state index is 0.0321. The van der Waals surface area contributed by atoms with Gasteiger partial charge in [0.1, 0.15) is 11.8 Å². The Balaban J connectivity index is 1.40. The minimum atomic E-state index is -1.49. The van der Waals surface area contributed by atoms with Gasteiger partial charge in [-0.3, -0.25) is 14.4 Å². The number of rotatable bonds is 14. The number of aliphatic carboxylic acids is 1. The van der Waals surface area contributed by atoms with Gasteiger partial charge in [0, 0.05) is 30.1 Å². The van der Waals surface area contributed by atoms with Crippen molar-refractivity contribution in [3.8, 4) is 0 Å². The largest absolute Gasteiger partial charge is 0.481 e. The van der Waals surface area contributed by atoms with Gasteiger partial charge >= 0.3 is 17.8 Å². The molecule has 14 heteroatoms. The number of hydrogen-bond acceptors (Lipinski definition) is 12. The zero-order chi connectivity index (χ0) is 44.5. The van der Waals surface area contributed by atoms with E-state index in [0.29, 0.717) is 57.8 Å². The number of Topliss-reactive ketones (excluding diaryl/α,β-unsaturated/α-hetero) is 1. The molecule has 0 aromatic heterocycles. The molecular weight excluding hydrogens is 774 g/mol. The Kier molecular flexibility index (Phi) is 15.5. The maximum absolute atomic E-state index is 14.6. The number of carboxylic acid groups (broad SMARTS) is 1. The number of hydrogen-bond donors (Lipinski definition) is 4. The van der Waals surface area contributed by atoms with Gasteiger partial charge in [0.2, 0.25) is 0 Å². The van der Waals surface area contributed by atoms with E-state index in [0.717, 1.165) is 6.42 Å². The Morgan fingerprint density at radius 2 is 1.57 bits per heavy atom. The van der Waals surface area contributed by atoms with E-state index in [-0.39, 0.29) is 30.1 Å². The van der Waals surface area contributed by atoms with Crippen molar-refractivity contribution >= 4 is 23.6 Å². The molecule has 0 aromatic carbocycles. The smallest absolute Gasteiger partial charge is 0.396 e. The zero-order valence-electron chi connectivity index (χ0n) is 37.9. The number of ether oxygens (including phenoxy) is 6. The Hall–Kier alpha value is -2.46. The molecule has 5 heterocycles. The Labute approximate surface area is 357 Å². The van der Waals surface area contributed by atoms with E-state index in [1.54, 1.807) is 26.0 Å². The first-order valence-electron chi connectivity index (χ1n) is 22.9. The lowest BCUT2D eigenvalue weighted by atomic mass is 9.72. The topological polar surface area (TPSA) is 196 Å². The van der Waals surface area contributed by atoms with E-state index in [4.69, 9.17) is 28.4 Å². The van der Waals surface area contributed by atoms with Crippen LogP contribution >= 0.6 is 0 Å². The lowest BCUT2D eigenvalue weighted by Crippen LogP contribution is -2.66. The second-order valence-corrected chi connectivity index (χ2v) is 19.1. The van der Waals surface area contributed by atoms with E-state index in [1.807, 2.05) is 55.4 Å². The van der Waals surface area contributed by atoms with Crippen molar-refractivity contribution in [2.75, 3.05) is 6.61 Å². The van der Waals surface area contributed by atoms with Gasteiger partial charge in [0.05, 0.1) is 60.4 Å². The summed E-state index contributed by atoms with van der Waals surface area (Å²) in [5.74, 6) is -8.50. The van der Waals surface area contributed by atoms with Crippen molar-refractivity contribution in [3.05, 3.63) is 12.2 Å². The van der Waals surface area contributed by atoms with Crippen LogP contribution < -0.4 is 5.32 Å². The summed E-state index contributed by atoms with van der Waals surface area (Å²) < 4.78 is 39.1. The maximum Gasteiger partial charge on any atom is 0.396 e. The summed E-state index contributed by atoms with van der Waals surface area (Å²) in [6.07, 6.45) is 5.54. The van der Waals surface area contributed by atoms with Gasteiger partial charge in [-0.05, 0) is 96.5 Å². The second kappa shape index (κ2) is 19.1. The van der Waals surface area contributed by atoms with Crippen LogP contribution in [0.4, 0.5) is 0 Å². The lowest BCUT2D eigenvalue weighted by molar-refractivity contribution is -0.398. The maximum atomic E-state index is 14.6. The number of ketones is 1. The molecule has 0 aliphatic carbocycles. The predicted octanol–water partition coefficient (Wildman–Crippen LogP) is 5.88. The van der Waals surface area contributed by atoms with E-state index in [1.165, 1.54) is 0 Å². The summed E-state index contributed by atoms with van der Waals surface area (Å²) in [7, 11) is 0. The molecule has 0 radical (unpaired) electrons. The van der Waals surface area contributed by atoms with Crippen LogP contribution in [-0.2, 0) is 47.6 Å². The zero-order valence-corrected chi connectivity index (χ0v) is 37.9. The molecule has 4 fully saturated rings. The molecule has 0 saturated carbocycles. The summed E-state index contributed by atoms with van der Waals surface area (Å²) in [4.78, 5) is 52.3. The van der Waals surface area contributed by atoms with E-state index in [9.17, 15) is 34.5 Å². The summed E-state index contributed by atoms with van der Waals surface area (Å²) in [6.45, 7) is 21.0. The van der Waals surface area contributed by atoms with Crippen LogP contribution in [0.15, 0.2) is 12.2 Å². The first-order valence-corrected chi connectivity index (χ1v) is 22.9. The summed E-state index contributed by atoms with van der Waals surface area (Å²) in [5.41, 5.74) is -1.84. The van der Waals surface area contributed by atoms with Gasteiger partial charge in [0.15, 0.2) is 11.6 Å². The molecule has 1 unspecified atom stereocenters. The molecule has 60 heavy (non-hydrogen) atoms. The van der Waals surface area contributed by atoms with E-state index < -0.39 is 107 Å². The van der Waals surface area contributed by atoms with Crippen LogP contribution in [0.2, 0.25) is 0 Å². The third kappa shape index (κ3) is 9.40. The number of carbonyl (C=O) groups is 4. The highest BCUT2D eigenvalue weighted by molar-refractivity contribution is 6.32. The number of amides is 1. The van der Waals surface area contributed by atoms with Gasteiger partial charge in [-0.1, -0.05) is 61.5 Å². The minimum Gasteiger partial charge on any atom is -0.481 e. The fourth-order valence-corrected chi connectivity index (χ4v) is 11.1. The Bertz CT molecular complexity index is 1570. The van der Waals surface area contributed by atoms with Crippen LogP contribution in [0.25, 0.3) is 0 Å². The fraction of sp³-hybridized carbons (Fsp3) is 0.870. The molecule has 2 spiro atoms. The monoisotopic (exact) mass is 850 g/mol. The van der Waals surface area contributed by atoms with Crippen LogP contribution in [0.5, 0.6) is 0 Å². The number of carboxylic acids is 1. The van der Waals surface area contributed by atoms with Crippen molar-refractivity contribution in [3.63, 3.8) is 0 Å². The van der Waals surface area contributed by atoms with Crippen LogP contribution in [-0.4, -0.2) is 111 Å². The average Bonchev–Trinajstić information content (AvgIpc) is 3.55. The number of carbonyl (C=O) groups excluding carboxylic acids is 3. The number of aliphatic hydroxyl groups excluding tert-OH is 1. The third-order valence-corrected chi connectivity index (χ3v) is 15.2. The molecule has 18 atom stereocenters. The molecule has 342 valence electrons. The van der Waals surface area contributed by atoms with E-state index >= 15 is 0 Å². The standard InChI is InChI=1S/C46H75NO13/c1-12-31(41(51)52)33-17-16-25(5)38(57-33)29(9)36(48)28(8)37(49)32(13-2)39-26(6)24-27(7)45(58-39)21-18-34(47-40(50)42(53)55-15-4)46(60-45)23-22-43(11,59-46)35-19-20-44(54,14-3)30(10)56-35/h18,21,25-36,38-39,48,54H,12-17,19-20,22-24H2,1-11H3,(H,47,50)(H,51,52)/t25-,26-,27+,28-,29-,30-,31+,32?,33+,34+,35+,36+,38+,39-,43-,44+,45-,46-/m0/s1. The first-order chi connectivity index (χ1) is 28.1. The summed E-state index contributed by atoms with van der Waals surface area (Å²) >= 11 is 0. The molecule has 1 amide bonds. The van der Waals surface area contributed by atoms with Crippen LogP contribution in [0.3, 0.4) is 0 Å². The normalized spacial score (nSPS) is 41.9. The Morgan fingerprint density at radius 3 is 2.17 bits per heavy atom. The summed E-state index contributed by atoms with van der Waals surface area (Å²) in [6, 6.07) is -0.906. The molecule has 5 aliphatic heterocycles. The summed E-state index contributed by atoms with van der Waals surface area (Å²) in [5, 5.41) is 35.6. The lowest BCUT2D eigenvalue weighted by Gasteiger charge is -2.55. The number of nitrogens with one attached hydrogen (secondary N) is 1. The molecule has 5 rings (SSSR count). The van der Waals surface area contributed by atoms with Crippen LogP contribution in [0.1, 0.15) is 140 Å². The molecule has 4 saturated heterocycles. The molecule has 0 aromatic rings. The highest BCUT2D eigenvalue weighted by Crippen LogP contribution is 2.54. The van der Waals surface area contributed by atoms with Gasteiger partial charge in [-0.15, -0.1) is 0 Å². The second-order valence-electron chi connectivity index (χ2n) is 19.1. The van der Waals surface area contributed by atoms with Crippen molar-refractivity contribution < 1.29 is 62.9 Å². The van der Waals surface area contributed by atoms with Crippen LogP contribution in [0, 0.1) is 41.4 Å². The van der Waals surface area contributed by atoms with Gasteiger partial charge in [-0.2, -0.15) is 0 Å². The van der Waals surface area contributed by atoms with Gasteiger partial charge in [0.25, 0.3) is 0 Å². The quantitative estimate of drug-likeness (QED) is 0.0921. The fourth-order valence-electron chi connectivity index (χ4n) is 11.1. The SMILES string of the molecule is CCOC(=O)C(=O)N[C@@H]1C=C[C@]2(O[C@H](C(CC)C(=O)[C@@H](C)[C@@H](O)[C@H](C)[C@@H]3O[C@@H]([C@@H](CC)C(=O)O)CC[C@@H]3C)[C@@H](C)C[C@H]2C)O[C@@]12CC[C@@](C)([C@H]1CC[C@](O)(CC)[C@H](C)O1)O2. The van der Waals surface area contributed by atoms with Crippen molar-refractivity contribution in [2.24, 2.45) is 41.4 Å². The first kappa shape index (κ1) is 48.6. The number of esters is 1. The highest BCUT2D eigenvalue weighted by Gasteiger charge is 2.63. The highest BCUT2D eigenvalue weighted by atomic mass is 16.8. The van der Waals surface area contributed by atoms with Crippen molar-refractivity contribution in [1.82, 2.24) is 5.32 Å². The molecule has 4 N–H and O–H groups in total. The van der Waals surface area contributed by atoms with Crippen molar-refractivity contribution in [1.29, 1.82) is 0 Å². The number of aliphatic hydroxyl groups is 2. The Morgan fingerprint density at radius 1 is 0.883 bits per heavy atom. The van der Waals surface area contributed by atoms with Gasteiger partial charge in [-0.25, -0.2) is 4.79 Å². The molecule has 0 bridgehead atoms. The molecular formula is C46H75NO13. The average molecular weight is 850 g/mol. The molecule has 14 nitrogen and oxygen atoms in total. The van der Waals surface area contributed by atoms with Crippen molar-refractivity contribution in [2.45, 2.75) is 206 Å². The van der Waals surface area contributed by atoms with Gasteiger partial charge < -0.3 is 49.1 Å². The van der Waals surface area contributed by atoms with E-state index in [2.05, 4.69) is 12.2 Å². The predicted molar refractivity (Wildman–Crippen MR) is 221 cm³/mol.